The lowest BCUT2D eigenvalue weighted by atomic mass is 10.3. The van der Waals surface area contributed by atoms with Crippen LogP contribution in [0.15, 0.2) is 12.3 Å². The van der Waals surface area contributed by atoms with E-state index in [2.05, 4.69) is 41.0 Å². The van der Waals surface area contributed by atoms with E-state index in [1.54, 1.807) is 6.20 Å². The molecule has 0 saturated carbocycles. The summed E-state index contributed by atoms with van der Waals surface area (Å²) in [6.07, 6.45) is 2.71. The molecule has 2 rings (SSSR count). The number of nitrogens with zero attached hydrogens (tertiary/aromatic N) is 2. The number of nitrogens with one attached hydrogen (secondary N) is 2. The zero-order chi connectivity index (χ0) is 11.5. The van der Waals surface area contributed by atoms with E-state index in [1.807, 2.05) is 6.07 Å². The average molecular weight is 218 g/mol. The molecule has 2 aromatic rings. The first-order valence-corrected chi connectivity index (χ1v) is 5.70. The van der Waals surface area contributed by atoms with Crippen molar-refractivity contribution in [3.8, 4) is 0 Å². The molecule has 0 aliphatic heterocycles. The molecule has 0 fully saturated rings. The van der Waals surface area contributed by atoms with Gasteiger partial charge in [-0.2, -0.15) is 0 Å². The maximum Gasteiger partial charge on any atom is 0.177 e. The summed E-state index contributed by atoms with van der Waals surface area (Å²) in [5.74, 6) is 1.00. The van der Waals surface area contributed by atoms with Gasteiger partial charge in [0.05, 0.1) is 5.52 Å². The average Bonchev–Trinajstić information content (AvgIpc) is 2.61. The van der Waals surface area contributed by atoms with Gasteiger partial charge in [0, 0.05) is 25.2 Å². The van der Waals surface area contributed by atoms with E-state index in [9.17, 15) is 0 Å². The lowest BCUT2D eigenvalue weighted by Crippen LogP contribution is -2.25. The van der Waals surface area contributed by atoms with Gasteiger partial charge in [0.1, 0.15) is 5.82 Å². The third-order valence-electron chi connectivity index (χ3n) is 2.56. The first kappa shape index (κ1) is 11.1. The number of rotatable bonds is 4. The Kier molecular flexibility index (Phi) is 3.19. The second kappa shape index (κ2) is 4.61. The highest BCUT2D eigenvalue weighted by Crippen LogP contribution is 2.12. The van der Waals surface area contributed by atoms with Crippen LogP contribution in [0, 0.1) is 6.92 Å². The largest absolute Gasteiger partial charge is 0.340 e. The molecule has 2 N–H and O–H groups in total. The quantitative estimate of drug-likeness (QED) is 0.823. The van der Waals surface area contributed by atoms with Gasteiger partial charge in [-0.1, -0.05) is 13.8 Å². The zero-order valence-corrected chi connectivity index (χ0v) is 10.0. The van der Waals surface area contributed by atoms with Crippen LogP contribution < -0.4 is 5.32 Å². The van der Waals surface area contributed by atoms with Crippen molar-refractivity contribution < 1.29 is 0 Å². The van der Waals surface area contributed by atoms with Crippen LogP contribution in [-0.4, -0.2) is 27.5 Å². The van der Waals surface area contributed by atoms with Crippen LogP contribution in [0.2, 0.25) is 0 Å². The minimum absolute atomic E-state index is 0.518. The van der Waals surface area contributed by atoms with Gasteiger partial charge in [-0.15, -0.1) is 0 Å². The molecular formula is C12H18N4. The molecule has 0 amide bonds. The standard InChI is InChI=1S/C12H18N4/c1-8(2)13-7-5-10-15-11-9(3)4-6-14-12(11)16-10/h4,6,8,13H,5,7H2,1-3H3,(H,14,15,16). The van der Waals surface area contributed by atoms with Crippen molar-refractivity contribution >= 4 is 11.2 Å². The summed E-state index contributed by atoms with van der Waals surface area (Å²) in [6, 6.07) is 2.51. The molecule has 4 heteroatoms. The zero-order valence-electron chi connectivity index (χ0n) is 10.0. The van der Waals surface area contributed by atoms with Gasteiger partial charge in [-0.25, -0.2) is 9.97 Å². The number of pyridine rings is 1. The predicted molar refractivity (Wildman–Crippen MR) is 65.5 cm³/mol. The summed E-state index contributed by atoms with van der Waals surface area (Å²) in [6.45, 7) is 7.30. The fourth-order valence-electron chi connectivity index (χ4n) is 1.68. The van der Waals surface area contributed by atoms with Gasteiger partial charge in [0.2, 0.25) is 0 Å². The number of fused-ring (bicyclic) bond motifs is 1. The van der Waals surface area contributed by atoms with E-state index >= 15 is 0 Å². The number of aryl methyl sites for hydroxylation is 1. The van der Waals surface area contributed by atoms with Crippen LogP contribution in [-0.2, 0) is 6.42 Å². The van der Waals surface area contributed by atoms with Crippen molar-refractivity contribution in [2.75, 3.05) is 6.54 Å². The van der Waals surface area contributed by atoms with Gasteiger partial charge in [0.25, 0.3) is 0 Å². The topological polar surface area (TPSA) is 53.6 Å². The predicted octanol–water partition coefficient (Wildman–Crippen LogP) is 1.81. The number of imidazole rings is 1. The SMILES string of the molecule is Cc1ccnc2nc(CCNC(C)C)[nH]c12. The number of hydrogen-bond acceptors (Lipinski definition) is 3. The number of aromatic nitrogens is 3. The Labute approximate surface area is 95.5 Å². The van der Waals surface area contributed by atoms with Gasteiger partial charge in [-0.05, 0) is 18.6 Å². The van der Waals surface area contributed by atoms with Gasteiger partial charge in [0.15, 0.2) is 5.65 Å². The van der Waals surface area contributed by atoms with Crippen LogP contribution in [0.3, 0.4) is 0 Å². The van der Waals surface area contributed by atoms with E-state index < -0.39 is 0 Å². The van der Waals surface area contributed by atoms with Crippen molar-refractivity contribution in [1.82, 2.24) is 20.3 Å². The molecule has 0 unspecified atom stereocenters. The van der Waals surface area contributed by atoms with Crippen LogP contribution >= 0.6 is 0 Å². The third-order valence-corrected chi connectivity index (χ3v) is 2.56. The summed E-state index contributed by atoms with van der Waals surface area (Å²) in [5.41, 5.74) is 3.07. The minimum Gasteiger partial charge on any atom is -0.340 e. The normalized spacial score (nSPS) is 11.5. The lowest BCUT2D eigenvalue weighted by Gasteiger charge is -2.05. The highest BCUT2D eigenvalue weighted by atomic mass is 15.0. The fourth-order valence-corrected chi connectivity index (χ4v) is 1.68. The molecule has 0 atom stereocenters. The highest BCUT2D eigenvalue weighted by Gasteiger charge is 2.05. The molecule has 0 spiro atoms. The molecule has 4 nitrogen and oxygen atoms in total. The monoisotopic (exact) mass is 218 g/mol. The molecule has 2 heterocycles. The summed E-state index contributed by atoms with van der Waals surface area (Å²) in [7, 11) is 0. The smallest absolute Gasteiger partial charge is 0.177 e. The maximum atomic E-state index is 4.46. The Balaban J connectivity index is 2.11. The Morgan fingerprint density at radius 2 is 2.25 bits per heavy atom. The first-order valence-electron chi connectivity index (χ1n) is 5.70. The lowest BCUT2D eigenvalue weighted by molar-refractivity contribution is 0.585. The fraction of sp³-hybridized carbons (Fsp3) is 0.500. The molecule has 16 heavy (non-hydrogen) atoms. The van der Waals surface area contributed by atoms with Crippen molar-refractivity contribution in [2.24, 2.45) is 0 Å². The van der Waals surface area contributed by atoms with Gasteiger partial charge in [-0.3, -0.25) is 0 Å². The van der Waals surface area contributed by atoms with Crippen molar-refractivity contribution in [3.63, 3.8) is 0 Å². The molecule has 0 aliphatic carbocycles. The highest BCUT2D eigenvalue weighted by molar-refractivity contribution is 5.74. The first-order chi connectivity index (χ1) is 7.66. The van der Waals surface area contributed by atoms with Crippen LogP contribution in [0.5, 0.6) is 0 Å². The second-order valence-electron chi connectivity index (χ2n) is 4.37. The van der Waals surface area contributed by atoms with Gasteiger partial charge < -0.3 is 10.3 Å². The Morgan fingerprint density at radius 3 is 2.94 bits per heavy atom. The molecule has 2 aromatic heterocycles. The molecule has 0 bridgehead atoms. The number of hydrogen-bond donors (Lipinski definition) is 2. The summed E-state index contributed by atoms with van der Waals surface area (Å²) < 4.78 is 0. The van der Waals surface area contributed by atoms with Gasteiger partial charge >= 0.3 is 0 Å². The Hall–Kier alpha value is -1.42. The summed E-state index contributed by atoms with van der Waals surface area (Å²) in [4.78, 5) is 12.0. The number of aromatic amines is 1. The van der Waals surface area contributed by atoms with E-state index in [1.165, 1.54) is 5.56 Å². The van der Waals surface area contributed by atoms with E-state index in [4.69, 9.17) is 0 Å². The van der Waals surface area contributed by atoms with Crippen molar-refractivity contribution in [1.29, 1.82) is 0 Å². The van der Waals surface area contributed by atoms with Crippen LogP contribution in [0.4, 0.5) is 0 Å². The number of H-pyrrole nitrogens is 1. The second-order valence-corrected chi connectivity index (χ2v) is 4.37. The maximum absolute atomic E-state index is 4.46. The van der Waals surface area contributed by atoms with Crippen molar-refractivity contribution in [3.05, 3.63) is 23.7 Å². The van der Waals surface area contributed by atoms with E-state index in [0.29, 0.717) is 6.04 Å². The molecular weight excluding hydrogens is 200 g/mol. The van der Waals surface area contributed by atoms with Crippen LogP contribution in [0.1, 0.15) is 25.2 Å². The molecule has 0 aromatic carbocycles. The molecule has 0 saturated heterocycles. The third kappa shape index (κ3) is 2.39. The van der Waals surface area contributed by atoms with E-state index in [-0.39, 0.29) is 0 Å². The van der Waals surface area contributed by atoms with Crippen molar-refractivity contribution in [2.45, 2.75) is 33.2 Å². The van der Waals surface area contributed by atoms with E-state index in [0.717, 1.165) is 30.0 Å². The molecule has 0 aliphatic rings. The molecule has 0 radical (unpaired) electrons. The Morgan fingerprint density at radius 1 is 1.44 bits per heavy atom. The summed E-state index contributed by atoms with van der Waals surface area (Å²) in [5, 5.41) is 3.37. The van der Waals surface area contributed by atoms with Crippen LogP contribution in [0.25, 0.3) is 11.2 Å². The summed E-state index contributed by atoms with van der Waals surface area (Å²) >= 11 is 0. The Bertz CT molecular complexity index is 473. The minimum atomic E-state index is 0.518. The molecule has 86 valence electrons.